The molecule has 2 rings (SSSR count). The molecule has 2 aromatic rings. The molecule has 0 bridgehead atoms. The molecule has 0 heterocycles. The minimum absolute atomic E-state index is 0.422. The number of hydrogen-bond donors (Lipinski definition) is 3. The fourth-order valence-electron chi connectivity index (χ4n) is 1.64. The van der Waals surface area contributed by atoms with Gasteiger partial charge in [-0.25, -0.2) is 0 Å². The summed E-state index contributed by atoms with van der Waals surface area (Å²) in [6, 6.07) is 14.7. The van der Waals surface area contributed by atoms with Gasteiger partial charge in [0.05, 0.1) is 0 Å². The van der Waals surface area contributed by atoms with Gasteiger partial charge in [0.1, 0.15) is 0 Å². The van der Waals surface area contributed by atoms with E-state index in [2.05, 4.69) is 5.32 Å². The molecule has 0 spiro atoms. The van der Waals surface area contributed by atoms with Gasteiger partial charge in [0, 0.05) is 23.5 Å². The predicted octanol–water partition coefficient (Wildman–Crippen LogP) is 1.98. The maximum atomic E-state index is 10.9. The van der Waals surface area contributed by atoms with Gasteiger partial charge >= 0.3 is 0 Å². The lowest BCUT2D eigenvalue weighted by Gasteiger charge is -2.08. The first kappa shape index (κ1) is 12.0. The molecule has 0 aliphatic rings. The number of nitrogen functional groups attached to an aromatic ring is 1. The summed E-state index contributed by atoms with van der Waals surface area (Å²) in [4.78, 5) is 10.9. The first-order valence-corrected chi connectivity index (χ1v) is 5.64. The van der Waals surface area contributed by atoms with Crippen LogP contribution in [0.2, 0.25) is 0 Å². The van der Waals surface area contributed by atoms with Crippen LogP contribution in [0, 0.1) is 0 Å². The largest absolute Gasteiger partial charge is 0.398 e. The van der Waals surface area contributed by atoms with Crippen molar-refractivity contribution < 1.29 is 4.79 Å². The minimum Gasteiger partial charge on any atom is -0.398 e. The van der Waals surface area contributed by atoms with Crippen LogP contribution in [0.25, 0.3) is 0 Å². The summed E-state index contributed by atoms with van der Waals surface area (Å²) >= 11 is 0. The predicted molar refractivity (Wildman–Crippen MR) is 73.1 cm³/mol. The van der Waals surface area contributed by atoms with E-state index in [-0.39, 0.29) is 0 Å². The summed E-state index contributed by atoms with van der Waals surface area (Å²) in [5.74, 6) is -0.422. The van der Waals surface area contributed by atoms with Crippen molar-refractivity contribution in [3.05, 3.63) is 59.7 Å². The topological polar surface area (TPSA) is 81.1 Å². The molecule has 0 aliphatic heterocycles. The Bertz CT molecular complexity index is 549. The van der Waals surface area contributed by atoms with Gasteiger partial charge in [-0.05, 0) is 35.9 Å². The van der Waals surface area contributed by atoms with Crippen molar-refractivity contribution in [1.29, 1.82) is 0 Å². The van der Waals surface area contributed by atoms with Crippen molar-refractivity contribution in [1.82, 2.24) is 0 Å². The van der Waals surface area contributed by atoms with Crippen molar-refractivity contribution in [3.63, 3.8) is 0 Å². The van der Waals surface area contributed by atoms with Crippen LogP contribution in [-0.4, -0.2) is 5.91 Å². The summed E-state index contributed by atoms with van der Waals surface area (Å²) < 4.78 is 0. The van der Waals surface area contributed by atoms with Crippen molar-refractivity contribution in [3.8, 4) is 0 Å². The van der Waals surface area contributed by atoms with Crippen LogP contribution in [0.1, 0.15) is 15.9 Å². The summed E-state index contributed by atoms with van der Waals surface area (Å²) in [5, 5.41) is 3.24. The van der Waals surface area contributed by atoms with Crippen LogP contribution >= 0.6 is 0 Å². The van der Waals surface area contributed by atoms with Gasteiger partial charge in [0.25, 0.3) is 0 Å². The number of primary amides is 1. The highest BCUT2D eigenvalue weighted by atomic mass is 16.1. The molecule has 18 heavy (non-hydrogen) atoms. The molecule has 1 amide bonds. The van der Waals surface area contributed by atoms with E-state index in [0.717, 1.165) is 16.9 Å². The molecule has 4 nitrogen and oxygen atoms in total. The van der Waals surface area contributed by atoms with E-state index in [1.807, 2.05) is 36.4 Å². The van der Waals surface area contributed by atoms with Crippen LogP contribution in [0.4, 0.5) is 11.4 Å². The van der Waals surface area contributed by atoms with E-state index >= 15 is 0 Å². The second-order valence-electron chi connectivity index (χ2n) is 3.99. The highest BCUT2D eigenvalue weighted by Crippen LogP contribution is 2.14. The number of nitrogens with two attached hydrogens (primary N) is 2. The zero-order valence-electron chi connectivity index (χ0n) is 9.89. The highest BCUT2D eigenvalue weighted by Gasteiger charge is 2.00. The molecular weight excluding hydrogens is 226 g/mol. The van der Waals surface area contributed by atoms with Gasteiger partial charge < -0.3 is 16.8 Å². The zero-order valence-corrected chi connectivity index (χ0v) is 9.89. The van der Waals surface area contributed by atoms with Gasteiger partial charge in [-0.1, -0.05) is 18.2 Å². The Morgan fingerprint density at radius 3 is 2.33 bits per heavy atom. The standard InChI is InChI=1S/C14H15N3O/c15-13-4-2-1-3-11(13)9-17-12-7-5-10(6-8-12)14(16)18/h1-8,17H,9,15H2,(H2,16,18). The Morgan fingerprint density at radius 1 is 1.06 bits per heavy atom. The number of hydrogen-bond acceptors (Lipinski definition) is 3. The average Bonchev–Trinajstić information content (AvgIpc) is 2.38. The zero-order chi connectivity index (χ0) is 13.0. The lowest BCUT2D eigenvalue weighted by atomic mass is 10.1. The normalized spacial score (nSPS) is 10.0. The number of benzene rings is 2. The Morgan fingerprint density at radius 2 is 1.72 bits per heavy atom. The highest BCUT2D eigenvalue weighted by molar-refractivity contribution is 5.93. The molecule has 0 aliphatic carbocycles. The third-order valence-corrected chi connectivity index (χ3v) is 2.71. The maximum Gasteiger partial charge on any atom is 0.248 e. The fraction of sp³-hybridized carbons (Fsp3) is 0.0714. The van der Waals surface area contributed by atoms with Gasteiger partial charge in [0.2, 0.25) is 5.91 Å². The van der Waals surface area contributed by atoms with E-state index < -0.39 is 5.91 Å². The Hall–Kier alpha value is -2.49. The average molecular weight is 241 g/mol. The summed E-state index contributed by atoms with van der Waals surface area (Å²) in [7, 11) is 0. The smallest absolute Gasteiger partial charge is 0.248 e. The van der Waals surface area contributed by atoms with Crippen LogP contribution in [0.5, 0.6) is 0 Å². The number of carbonyl (C=O) groups excluding carboxylic acids is 1. The molecule has 0 fully saturated rings. The Labute approximate surface area is 106 Å². The Balaban J connectivity index is 2.02. The number of amides is 1. The summed E-state index contributed by atoms with van der Waals surface area (Å²) in [6.07, 6.45) is 0. The molecule has 0 saturated heterocycles. The third kappa shape index (κ3) is 2.79. The first-order valence-electron chi connectivity index (χ1n) is 5.64. The summed E-state index contributed by atoms with van der Waals surface area (Å²) in [6.45, 7) is 0.641. The second-order valence-corrected chi connectivity index (χ2v) is 3.99. The third-order valence-electron chi connectivity index (χ3n) is 2.71. The number of nitrogens with one attached hydrogen (secondary N) is 1. The molecule has 4 heteroatoms. The van der Waals surface area contributed by atoms with Crippen molar-refractivity contribution in [2.45, 2.75) is 6.54 Å². The molecule has 5 N–H and O–H groups in total. The van der Waals surface area contributed by atoms with Crippen LogP contribution in [-0.2, 0) is 6.54 Å². The van der Waals surface area contributed by atoms with Gasteiger partial charge in [-0.2, -0.15) is 0 Å². The molecule has 0 radical (unpaired) electrons. The van der Waals surface area contributed by atoms with E-state index in [1.165, 1.54) is 0 Å². The Kier molecular flexibility index (Phi) is 3.48. The monoisotopic (exact) mass is 241 g/mol. The molecule has 0 saturated carbocycles. The van der Waals surface area contributed by atoms with Gasteiger partial charge in [-0.15, -0.1) is 0 Å². The number of para-hydroxylation sites is 1. The van der Waals surface area contributed by atoms with E-state index in [4.69, 9.17) is 11.5 Å². The molecule has 0 unspecified atom stereocenters. The lowest BCUT2D eigenvalue weighted by molar-refractivity contribution is 0.100. The molecule has 0 aromatic heterocycles. The van der Waals surface area contributed by atoms with Crippen LogP contribution < -0.4 is 16.8 Å². The van der Waals surface area contributed by atoms with Crippen LogP contribution in [0.3, 0.4) is 0 Å². The fourth-order valence-corrected chi connectivity index (χ4v) is 1.64. The van der Waals surface area contributed by atoms with Gasteiger partial charge in [-0.3, -0.25) is 4.79 Å². The van der Waals surface area contributed by atoms with E-state index in [9.17, 15) is 4.79 Å². The van der Waals surface area contributed by atoms with Crippen molar-refractivity contribution in [2.75, 3.05) is 11.1 Å². The van der Waals surface area contributed by atoms with Gasteiger partial charge in [0.15, 0.2) is 0 Å². The lowest BCUT2D eigenvalue weighted by Crippen LogP contribution is -2.10. The SMILES string of the molecule is NC(=O)c1ccc(NCc2ccccc2N)cc1. The minimum atomic E-state index is -0.422. The molecule has 92 valence electrons. The maximum absolute atomic E-state index is 10.9. The van der Waals surface area contributed by atoms with Crippen LogP contribution in [0.15, 0.2) is 48.5 Å². The van der Waals surface area contributed by atoms with E-state index in [0.29, 0.717) is 12.1 Å². The molecule has 2 aromatic carbocycles. The van der Waals surface area contributed by atoms with Crippen molar-refractivity contribution in [2.24, 2.45) is 5.73 Å². The number of anilines is 2. The quantitative estimate of drug-likeness (QED) is 0.716. The number of rotatable bonds is 4. The molecular formula is C14H15N3O. The van der Waals surface area contributed by atoms with E-state index in [1.54, 1.807) is 12.1 Å². The number of carbonyl (C=O) groups is 1. The van der Waals surface area contributed by atoms with Crippen molar-refractivity contribution >= 4 is 17.3 Å². The first-order chi connectivity index (χ1) is 8.66. The summed E-state index contributed by atoms with van der Waals surface area (Å²) in [5.41, 5.74) is 14.2. The second kappa shape index (κ2) is 5.23. The molecule has 0 atom stereocenters.